The summed E-state index contributed by atoms with van der Waals surface area (Å²) < 4.78 is 5.52. The Hall–Kier alpha value is -1.05. The molecule has 2 rings (SSSR count). The van der Waals surface area contributed by atoms with Crippen LogP contribution in [0.15, 0.2) is 0 Å². The fourth-order valence-electron chi connectivity index (χ4n) is 1.78. The number of hydrogen-bond acceptors (Lipinski definition) is 6. The lowest BCUT2D eigenvalue weighted by Crippen LogP contribution is -2.29. The van der Waals surface area contributed by atoms with E-state index in [4.69, 9.17) is 10.5 Å². The van der Waals surface area contributed by atoms with Gasteiger partial charge in [0.25, 0.3) is 5.91 Å². The molecule has 3 N–H and O–H groups in total. The SMILES string of the molecule is CC(C)c1nnc(NC(=O)[C@@H]2CC[C@H](CN)O2)s1. The van der Waals surface area contributed by atoms with Gasteiger partial charge in [0, 0.05) is 12.5 Å². The highest BCUT2D eigenvalue weighted by Gasteiger charge is 2.30. The summed E-state index contributed by atoms with van der Waals surface area (Å²) in [6.07, 6.45) is 1.14. The van der Waals surface area contributed by atoms with Gasteiger partial charge < -0.3 is 10.5 Å². The van der Waals surface area contributed by atoms with Crippen LogP contribution < -0.4 is 11.1 Å². The lowest BCUT2D eigenvalue weighted by molar-refractivity contribution is -0.126. The van der Waals surface area contributed by atoms with Crippen LogP contribution in [0.3, 0.4) is 0 Å². The topological polar surface area (TPSA) is 90.1 Å². The van der Waals surface area contributed by atoms with Gasteiger partial charge in [0.15, 0.2) is 0 Å². The van der Waals surface area contributed by atoms with Crippen LogP contribution in [0.1, 0.15) is 37.6 Å². The van der Waals surface area contributed by atoms with Crippen molar-refractivity contribution < 1.29 is 9.53 Å². The number of rotatable bonds is 4. The lowest BCUT2D eigenvalue weighted by Gasteiger charge is -2.10. The third-order valence-corrected chi connectivity index (χ3v) is 3.97. The molecule has 0 spiro atoms. The number of nitrogens with zero attached hydrogens (tertiary/aromatic N) is 2. The number of hydrogen-bond donors (Lipinski definition) is 2. The van der Waals surface area contributed by atoms with Crippen molar-refractivity contribution in [3.05, 3.63) is 5.01 Å². The third kappa shape index (κ3) is 3.04. The zero-order valence-electron chi connectivity index (χ0n) is 10.5. The summed E-state index contributed by atoms with van der Waals surface area (Å²) in [7, 11) is 0. The Labute approximate surface area is 110 Å². The van der Waals surface area contributed by atoms with E-state index in [0.717, 1.165) is 11.4 Å². The Morgan fingerprint density at radius 3 is 2.89 bits per heavy atom. The number of aromatic nitrogens is 2. The van der Waals surface area contributed by atoms with E-state index in [-0.39, 0.29) is 12.0 Å². The molecule has 18 heavy (non-hydrogen) atoms. The van der Waals surface area contributed by atoms with Crippen molar-refractivity contribution in [2.75, 3.05) is 11.9 Å². The van der Waals surface area contributed by atoms with Crippen LogP contribution in [-0.4, -0.2) is 34.9 Å². The Bertz CT molecular complexity index is 421. The van der Waals surface area contributed by atoms with Crippen LogP contribution in [0.25, 0.3) is 0 Å². The number of carbonyl (C=O) groups is 1. The predicted octanol–water partition coefficient (Wildman–Crippen LogP) is 1.11. The molecular weight excluding hydrogens is 252 g/mol. The molecule has 0 saturated carbocycles. The second-order valence-corrected chi connectivity index (χ2v) is 5.66. The van der Waals surface area contributed by atoms with E-state index in [0.29, 0.717) is 24.0 Å². The Kier molecular flexibility index (Phi) is 4.26. The van der Waals surface area contributed by atoms with Gasteiger partial charge in [0.05, 0.1) is 6.10 Å². The molecule has 6 nitrogen and oxygen atoms in total. The van der Waals surface area contributed by atoms with Crippen molar-refractivity contribution >= 4 is 22.4 Å². The Morgan fingerprint density at radius 2 is 2.33 bits per heavy atom. The summed E-state index contributed by atoms with van der Waals surface area (Å²) in [6, 6.07) is 0. The van der Waals surface area contributed by atoms with Crippen LogP contribution in [0.5, 0.6) is 0 Å². The Balaban J connectivity index is 1.91. The van der Waals surface area contributed by atoms with Crippen LogP contribution >= 0.6 is 11.3 Å². The number of nitrogens with two attached hydrogens (primary N) is 1. The average Bonchev–Trinajstić information content (AvgIpc) is 2.96. The van der Waals surface area contributed by atoms with Crippen LogP contribution in [0, 0.1) is 0 Å². The minimum absolute atomic E-state index is 0.00129. The van der Waals surface area contributed by atoms with E-state index in [2.05, 4.69) is 15.5 Å². The summed E-state index contributed by atoms with van der Waals surface area (Å²) in [5.41, 5.74) is 5.51. The summed E-state index contributed by atoms with van der Waals surface area (Å²) in [5, 5.41) is 12.2. The molecule has 0 unspecified atom stereocenters. The molecule has 1 fully saturated rings. The number of ether oxygens (including phenoxy) is 1. The molecule has 0 aliphatic carbocycles. The first-order valence-electron chi connectivity index (χ1n) is 6.10. The molecule has 2 heterocycles. The highest BCUT2D eigenvalue weighted by Crippen LogP contribution is 2.24. The van der Waals surface area contributed by atoms with Crippen molar-refractivity contribution in [3.63, 3.8) is 0 Å². The van der Waals surface area contributed by atoms with Crippen molar-refractivity contribution in [1.82, 2.24) is 10.2 Å². The van der Waals surface area contributed by atoms with Crippen LogP contribution in [-0.2, 0) is 9.53 Å². The summed E-state index contributed by atoms with van der Waals surface area (Å²) in [6.45, 7) is 4.54. The van der Waals surface area contributed by atoms with Gasteiger partial charge in [0.1, 0.15) is 11.1 Å². The molecule has 7 heteroatoms. The first-order valence-corrected chi connectivity index (χ1v) is 6.91. The molecular formula is C11H18N4O2S. The zero-order valence-corrected chi connectivity index (χ0v) is 11.4. The number of carbonyl (C=O) groups excluding carboxylic acids is 1. The molecule has 0 bridgehead atoms. The monoisotopic (exact) mass is 270 g/mol. The van der Waals surface area contributed by atoms with E-state index in [9.17, 15) is 4.79 Å². The van der Waals surface area contributed by atoms with E-state index >= 15 is 0 Å². The largest absolute Gasteiger partial charge is 0.364 e. The van der Waals surface area contributed by atoms with Crippen LogP contribution in [0.4, 0.5) is 5.13 Å². The number of nitrogens with one attached hydrogen (secondary N) is 1. The van der Waals surface area contributed by atoms with Gasteiger partial charge in [0.2, 0.25) is 5.13 Å². The lowest BCUT2D eigenvalue weighted by atomic mass is 10.2. The normalized spacial score (nSPS) is 23.6. The second-order valence-electron chi connectivity index (χ2n) is 4.65. The molecule has 100 valence electrons. The molecule has 1 amide bonds. The van der Waals surface area contributed by atoms with E-state index in [1.165, 1.54) is 11.3 Å². The minimum atomic E-state index is -0.412. The quantitative estimate of drug-likeness (QED) is 0.855. The zero-order chi connectivity index (χ0) is 13.1. The highest BCUT2D eigenvalue weighted by atomic mass is 32.1. The number of amides is 1. The smallest absolute Gasteiger partial charge is 0.255 e. The van der Waals surface area contributed by atoms with Gasteiger partial charge in [-0.05, 0) is 12.8 Å². The van der Waals surface area contributed by atoms with Gasteiger partial charge in [-0.3, -0.25) is 10.1 Å². The van der Waals surface area contributed by atoms with Crippen molar-refractivity contribution in [2.24, 2.45) is 5.73 Å². The molecule has 1 aliphatic heterocycles. The fourth-order valence-corrected chi connectivity index (χ4v) is 2.52. The molecule has 0 aromatic carbocycles. The third-order valence-electron chi connectivity index (χ3n) is 2.83. The Morgan fingerprint density at radius 1 is 1.56 bits per heavy atom. The predicted molar refractivity (Wildman–Crippen MR) is 69.6 cm³/mol. The van der Waals surface area contributed by atoms with Gasteiger partial charge in [-0.15, -0.1) is 10.2 Å². The molecule has 2 atom stereocenters. The highest BCUT2D eigenvalue weighted by molar-refractivity contribution is 7.15. The van der Waals surface area contributed by atoms with Crippen molar-refractivity contribution in [3.8, 4) is 0 Å². The van der Waals surface area contributed by atoms with E-state index in [1.807, 2.05) is 13.8 Å². The fraction of sp³-hybridized carbons (Fsp3) is 0.727. The second kappa shape index (κ2) is 5.73. The van der Waals surface area contributed by atoms with E-state index < -0.39 is 6.10 Å². The van der Waals surface area contributed by atoms with Gasteiger partial charge in [-0.25, -0.2) is 0 Å². The standard InChI is InChI=1S/C11H18N4O2S/c1-6(2)10-14-15-11(18-10)13-9(16)8-4-3-7(5-12)17-8/h6-8H,3-5,12H2,1-2H3,(H,13,15,16)/t7-,8+/m1/s1. The maximum atomic E-state index is 11.9. The average molecular weight is 270 g/mol. The summed E-state index contributed by atoms with van der Waals surface area (Å²) in [5.74, 6) is 0.162. The maximum Gasteiger partial charge on any atom is 0.255 e. The molecule has 1 aromatic heterocycles. The van der Waals surface area contributed by atoms with Gasteiger partial charge in [-0.1, -0.05) is 25.2 Å². The summed E-state index contributed by atoms with van der Waals surface area (Å²) >= 11 is 1.40. The minimum Gasteiger partial charge on any atom is -0.364 e. The van der Waals surface area contributed by atoms with Crippen molar-refractivity contribution in [2.45, 2.75) is 44.8 Å². The van der Waals surface area contributed by atoms with Crippen molar-refractivity contribution in [1.29, 1.82) is 0 Å². The van der Waals surface area contributed by atoms with Gasteiger partial charge >= 0.3 is 0 Å². The number of anilines is 1. The molecule has 1 aliphatic rings. The molecule has 1 saturated heterocycles. The summed E-state index contributed by atoms with van der Waals surface area (Å²) in [4.78, 5) is 11.9. The maximum absolute atomic E-state index is 11.9. The van der Waals surface area contributed by atoms with Gasteiger partial charge in [-0.2, -0.15) is 0 Å². The van der Waals surface area contributed by atoms with E-state index in [1.54, 1.807) is 0 Å². The first-order chi connectivity index (χ1) is 8.60. The first kappa shape index (κ1) is 13.4. The van der Waals surface area contributed by atoms with Crippen LogP contribution in [0.2, 0.25) is 0 Å². The molecule has 1 aromatic rings. The molecule has 0 radical (unpaired) electrons.